The van der Waals surface area contributed by atoms with Crippen molar-refractivity contribution in [2.24, 2.45) is 0 Å². The molecule has 28 heavy (non-hydrogen) atoms. The number of aliphatic hydroxyl groups is 1. The van der Waals surface area contributed by atoms with Crippen molar-refractivity contribution in [3.63, 3.8) is 0 Å². The van der Waals surface area contributed by atoms with E-state index in [1.165, 1.54) is 11.0 Å². The Kier molecular flexibility index (Phi) is 8.76. The van der Waals surface area contributed by atoms with Crippen molar-refractivity contribution in [1.29, 1.82) is 0 Å². The number of unbranched alkanes of at least 4 members (excludes halogenated alkanes) is 1. The minimum absolute atomic E-state index is 0.144. The average molecular weight is 429 g/mol. The molecule has 0 radical (unpaired) electrons. The summed E-state index contributed by atoms with van der Waals surface area (Å²) in [5.74, 6) is -0.793. The van der Waals surface area contributed by atoms with Crippen LogP contribution in [0.3, 0.4) is 0 Å². The summed E-state index contributed by atoms with van der Waals surface area (Å²) < 4.78 is 5.52. The third kappa shape index (κ3) is 5.26. The molecule has 0 saturated carbocycles. The zero-order valence-electron chi connectivity index (χ0n) is 16.2. The summed E-state index contributed by atoms with van der Waals surface area (Å²) in [4.78, 5) is 28.8. The molecule has 6 nitrogen and oxygen atoms in total. The normalized spacial score (nSPS) is 14.4. The molecule has 0 unspecified atom stereocenters. The summed E-state index contributed by atoms with van der Waals surface area (Å²) in [5, 5.41) is 10.0. The molecule has 1 heterocycles. The Morgan fingerprint density at radius 1 is 1.14 bits per heavy atom. The van der Waals surface area contributed by atoms with Gasteiger partial charge in [0, 0.05) is 43.9 Å². The molecule has 1 aliphatic rings. The molecule has 0 aliphatic carbocycles. The zero-order valence-corrected chi connectivity index (χ0v) is 17.7. The summed E-state index contributed by atoms with van der Waals surface area (Å²) in [5.41, 5.74) is 0.913. The lowest BCUT2D eigenvalue weighted by molar-refractivity contribution is -0.137. The van der Waals surface area contributed by atoms with Gasteiger partial charge in [0.15, 0.2) is 0 Å². The number of hydrogen-bond acceptors (Lipinski definition) is 5. The Balaban J connectivity index is 2.25. The van der Waals surface area contributed by atoms with Crippen molar-refractivity contribution in [3.05, 3.63) is 39.5 Å². The molecule has 2 amide bonds. The lowest BCUT2D eigenvalue weighted by Gasteiger charge is -2.20. The molecule has 1 aliphatic heterocycles. The molecule has 0 atom stereocenters. The second-order valence-corrected chi connectivity index (χ2v) is 7.42. The number of imide groups is 1. The van der Waals surface area contributed by atoms with Gasteiger partial charge in [0.25, 0.3) is 11.8 Å². The van der Waals surface area contributed by atoms with Gasteiger partial charge in [-0.1, -0.05) is 42.6 Å². The van der Waals surface area contributed by atoms with E-state index in [4.69, 9.17) is 27.9 Å². The van der Waals surface area contributed by atoms with Crippen LogP contribution in [0, 0.1) is 0 Å². The van der Waals surface area contributed by atoms with Crippen LogP contribution in [-0.2, 0) is 14.3 Å². The van der Waals surface area contributed by atoms with Gasteiger partial charge in [0.1, 0.15) is 5.70 Å². The Morgan fingerprint density at radius 2 is 1.86 bits per heavy atom. The molecular weight excluding hydrogens is 403 g/mol. The first-order chi connectivity index (χ1) is 13.4. The van der Waals surface area contributed by atoms with Crippen LogP contribution in [-0.4, -0.2) is 66.7 Å². The van der Waals surface area contributed by atoms with Gasteiger partial charge in [-0.25, -0.2) is 0 Å². The number of aliphatic hydroxyl groups excluding tert-OH is 1. The molecular formula is C20H26Cl2N2O4. The smallest absolute Gasteiger partial charge is 0.277 e. The zero-order chi connectivity index (χ0) is 20.7. The van der Waals surface area contributed by atoms with Crippen LogP contribution < -0.4 is 0 Å². The van der Waals surface area contributed by atoms with E-state index in [0.717, 1.165) is 12.8 Å². The summed E-state index contributed by atoms with van der Waals surface area (Å²) in [6, 6.07) is 4.80. The second-order valence-electron chi connectivity index (χ2n) is 6.57. The number of likely N-dealkylation sites (N-methyl/N-ethyl adjacent to an activating group) is 1. The summed E-state index contributed by atoms with van der Waals surface area (Å²) in [6.45, 7) is 3.58. The first-order valence-electron chi connectivity index (χ1n) is 9.38. The number of amides is 2. The summed E-state index contributed by atoms with van der Waals surface area (Å²) in [6.07, 6.45) is 2.59. The predicted molar refractivity (Wildman–Crippen MR) is 110 cm³/mol. The number of hydrogen-bond donors (Lipinski definition) is 1. The Hall–Kier alpha value is -1.60. The van der Waals surface area contributed by atoms with Gasteiger partial charge in [-0.3, -0.25) is 14.5 Å². The van der Waals surface area contributed by atoms with Crippen LogP contribution >= 0.6 is 23.2 Å². The van der Waals surface area contributed by atoms with Gasteiger partial charge in [-0.2, -0.15) is 0 Å². The number of carbonyl (C=O) groups is 2. The van der Waals surface area contributed by atoms with Crippen LogP contribution in [0.1, 0.15) is 31.7 Å². The monoisotopic (exact) mass is 428 g/mol. The minimum Gasteiger partial charge on any atom is -0.395 e. The highest BCUT2D eigenvalue weighted by atomic mass is 35.5. The Bertz CT molecular complexity index is 752. The molecule has 0 bridgehead atoms. The first-order valence-corrected chi connectivity index (χ1v) is 10.1. The van der Waals surface area contributed by atoms with Gasteiger partial charge >= 0.3 is 0 Å². The van der Waals surface area contributed by atoms with E-state index in [9.17, 15) is 14.7 Å². The van der Waals surface area contributed by atoms with Crippen LogP contribution in [0.5, 0.6) is 0 Å². The van der Waals surface area contributed by atoms with Crippen LogP contribution in [0.2, 0.25) is 10.0 Å². The highest BCUT2D eigenvalue weighted by Crippen LogP contribution is 2.35. The van der Waals surface area contributed by atoms with Crippen molar-refractivity contribution in [2.45, 2.75) is 26.2 Å². The standard InChI is InChI=1S/C20H26Cl2N2O4/c1-3-4-11-28-12-5-8-24-19(26)17(15-7-6-14(21)13-16(15)22)18(20(24)27)23(2)9-10-25/h6-7,13,25H,3-5,8-12H2,1-2H3. The van der Waals surface area contributed by atoms with Crippen molar-refractivity contribution >= 4 is 40.6 Å². The van der Waals surface area contributed by atoms with E-state index in [-0.39, 0.29) is 31.0 Å². The average Bonchev–Trinajstić information content (AvgIpc) is 2.89. The van der Waals surface area contributed by atoms with Gasteiger partial charge < -0.3 is 14.7 Å². The third-order valence-corrected chi connectivity index (χ3v) is 5.02. The van der Waals surface area contributed by atoms with Gasteiger partial charge in [0.05, 0.1) is 17.2 Å². The third-order valence-electron chi connectivity index (χ3n) is 4.47. The number of halogens is 2. The largest absolute Gasteiger partial charge is 0.395 e. The predicted octanol–water partition coefficient (Wildman–Crippen LogP) is 3.20. The fourth-order valence-electron chi connectivity index (χ4n) is 2.99. The Labute approximate surface area is 175 Å². The first kappa shape index (κ1) is 22.7. The van der Waals surface area contributed by atoms with E-state index in [0.29, 0.717) is 35.2 Å². The van der Waals surface area contributed by atoms with Crippen molar-refractivity contribution in [1.82, 2.24) is 9.80 Å². The summed E-state index contributed by atoms with van der Waals surface area (Å²) in [7, 11) is 1.66. The fourth-order valence-corrected chi connectivity index (χ4v) is 3.49. The maximum absolute atomic E-state index is 13.1. The van der Waals surface area contributed by atoms with Crippen LogP contribution in [0.25, 0.3) is 5.57 Å². The van der Waals surface area contributed by atoms with Gasteiger partial charge in [-0.15, -0.1) is 0 Å². The lowest BCUT2D eigenvalue weighted by Crippen LogP contribution is -2.36. The molecule has 0 spiro atoms. The summed E-state index contributed by atoms with van der Waals surface area (Å²) >= 11 is 12.3. The highest BCUT2D eigenvalue weighted by molar-refractivity contribution is 6.41. The molecule has 1 aromatic carbocycles. The van der Waals surface area contributed by atoms with E-state index in [2.05, 4.69) is 6.92 Å². The number of carbonyl (C=O) groups excluding carboxylic acids is 2. The molecule has 2 rings (SSSR count). The number of ether oxygens (including phenoxy) is 1. The van der Waals surface area contributed by atoms with E-state index >= 15 is 0 Å². The highest BCUT2D eigenvalue weighted by Gasteiger charge is 2.41. The van der Waals surface area contributed by atoms with Crippen molar-refractivity contribution in [3.8, 4) is 0 Å². The number of nitrogens with zero attached hydrogens (tertiary/aromatic N) is 2. The van der Waals surface area contributed by atoms with Gasteiger partial charge in [-0.05, 0) is 25.0 Å². The second kappa shape index (κ2) is 10.8. The van der Waals surface area contributed by atoms with E-state index < -0.39 is 11.8 Å². The topological polar surface area (TPSA) is 70.1 Å². The van der Waals surface area contributed by atoms with Crippen molar-refractivity contribution in [2.75, 3.05) is 40.0 Å². The fraction of sp³-hybridized carbons (Fsp3) is 0.500. The number of rotatable bonds is 11. The Morgan fingerprint density at radius 3 is 2.50 bits per heavy atom. The quantitative estimate of drug-likeness (QED) is 0.432. The SMILES string of the molecule is CCCCOCCCN1C(=O)C(c2ccc(Cl)cc2Cl)=C(N(C)CCO)C1=O. The van der Waals surface area contributed by atoms with Crippen LogP contribution in [0.15, 0.2) is 23.9 Å². The molecule has 0 aromatic heterocycles. The number of benzene rings is 1. The molecule has 0 fully saturated rings. The lowest BCUT2D eigenvalue weighted by atomic mass is 10.0. The molecule has 154 valence electrons. The van der Waals surface area contributed by atoms with Crippen LogP contribution in [0.4, 0.5) is 0 Å². The molecule has 1 aromatic rings. The molecule has 1 N–H and O–H groups in total. The minimum atomic E-state index is -0.400. The van der Waals surface area contributed by atoms with Crippen molar-refractivity contribution < 1.29 is 19.4 Å². The maximum atomic E-state index is 13.1. The van der Waals surface area contributed by atoms with E-state index in [1.54, 1.807) is 24.1 Å². The van der Waals surface area contributed by atoms with E-state index in [1.807, 2.05) is 0 Å². The maximum Gasteiger partial charge on any atom is 0.277 e. The molecule has 8 heteroatoms. The molecule has 0 saturated heterocycles. The van der Waals surface area contributed by atoms with Gasteiger partial charge in [0.2, 0.25) is 0 Å².